The van der Waals surface area contributed by atoms with Gasteiger partial charge in [0.15, 0.2) is 0 Å². The van der Waals surface area contributed by atoms with E-state index in [1.54, 1.807) is 13.0 Å². The zero-order valence-corrected chi connectivity index (χ0v) is 25.2. The molecule has 8 heteroatoms. The number of fused-ring (bicyclic) bond motifs is 2. The summed E-state index contributed by atoms with van der Waals surface area (Å²) in [5.41, 5.74) is 9.78. The number of hydrogen-bond acceptors (Lipinski definition) is 3. The molecule has 1 aliphatic heterocycles. The van der Waals surface area contributed by atoms with E-state index in [4.69, 9.17) is 5.10 Å². The summed E-state index contributed by atoms with van der Waals surface area (Å²) < 4.78 is 42.2. The molecule has 0 unspecified atom stereocenters. The number of H-pyrrole nitrogens is 1. The molecule has 2 aromatic heterocycles. The molecule has 0 spiro atoms. The number of para-hydroxylation sites is 1. The van der Waals surface area contributed by atoms with Gasteiger partial charge in [0.25, 0.3) is 0 Å². The van der Waals surface area contributed by atoms with Crippen molar-refractivity contribution in [1.82, 2.24) is 19.7 Å². The van der Waals surface area contributed by atoms with E-state index in [1.807, 2.05) is 18.3 Å². The Balaban J connectivity index is 1.54. The van der Waals surface area contributed by atoms with Gasteiger partial charge in [-0.05, 0) is 74.1 Å². The Labute approximate surface area is 250 Å². The van der Waals surface area contributed by atoms with Crippen molar-refractivity contribution in [2.24, 2.45) is 0 Å². The number of aliphatic hydroxyl groups is 1. The number of nitrogens with zero attached hydrogens (tertiary/aromatic N) is 3. The Kier molecular flexibility index (Phi) is 7.26. The monoisotopic (exact) mass is 586 g/mol. The summed E-state index contributed by atoms with van der Waals surface area (Å²) in [5, 5.41) is 16.4. The summed E-state index contributed by atoms with van der Waals surface area (Å²) in [6.45, 7) is 11.4. The van der Waals surface area contributed by atoms with E-state index in [0.717, 1.165) is 63.1 Å². The first kappa shape index (κ1) is 29.2. The summed E-state index contributed by atoms with van der Waals surface area (Å²) in [6.07, 6.45) is -0.751. The molecule has 0 amide bonds. The molecular weight excluding hydrogens is 549 g/mol. The van der Waals surface area contributed by atoms with Gasteiger partial charge in [-0.3, -0.25) is 4.90 Å². The van der Waals surface area contributed by atoms with Crippen molar-refractivity contribution >= 4 is 10.9 Å². The molecule has 5 nitrogen and oxygen atoms in total. The van der Waals surface area contributed by atoms with Crippen LogP contribution in [-0.2, 0) is 44.3 Å². The van der Waals surface area contributed by atoms with E-state index < -0.39 is 17.3 Å². The van der Waals surface area contributed by atoms with Crippen LogP contribution in [0.4, 0.5) is 13.2 Å². The molecule has 5 aromatic rings. The second kappa shape index (κ2) is 10.7. The highest BCUT2D eigenvalue weighted by Gasteiger charge is 2.43. The van der Waals surface area contributed by atoms with Crippen LogP contribution in [0, 0.1) is 6.92 Å². The largest absolute Gasteiger partial charge is 0.416 e. The summed E-state index contributed by atoms with van der Waals surface area (Å²) in [4.78, 5) is 5.61. The zero-order valence-electron chi connectivity index (χ0n) is 25.2. The molecule has 6 rings (SSSR count). The van der Waals surface area contributed by atoms with Crippen molar-refractivity contribution in [3.05, 3.63) is 105 Å². The van der Waals surface area contributed by atoms with Gasteiger partial charge in [0.1, 0.15) is 0 Å². The predicted molar refractivity (Wildman–Crippen MR) is 164 cm³/mol. The minimum Gasteiger partial charge on any atom is -0.392 e. The lowest BCUT2D eigenvalue weighted by Gasteiger charge is -2.32. The number of alkyl halides is 3. The van der Waals surface area contributed by atoms with Gasteiger partial charge >= 0.3 is 6.18 Å². The molecule has 224 valence electrons. The molecule has 3 aromatic carbocycles. The first-order valence-corrected chi connectivity index (χ1v) is 14.8. The molecule has 0 fully saturated rings. The number of nitrogens with one attached hydrogen (secondary N) is 1. The van der Waals surface area contributed by atoms with Gasteiger partial charge in [0.05, 0.1) is 40.3 Å². The van der Waals surface area contributed by atoms with E-state index in [1.165, 1.54) is 23.3 Å². The Morgan fingerprint density at radius 3 is 2.28 bits per heavy atom. The van der Waals surface area contributed by atoms with Crippen LogP contribution in [-0.4, -0.2) is 24.8 Å². The zero-order chi connectivity index (χ0) is 30.7. The Bertz CT molecular complexity index is 1810. The number of aromatic nitrogens is 3. The number of aryl methyl sites for hydroxylation is 3. The first-order valence-electron chi connectivity index (χ1n) is 14.8. The van der Waals surface area contributed by atoms with Gasteiger partial charge in [-0.25, -0.2) is 4.68 Å². The van der Waals surface area contributed by atoms with E-state index in [0.29, 0.717) is 18.7 Å². The second-order valence-corrected chi connectivity index (χ2v) is 12.0. The van der Waals surface area contributed by atoms with E-state index in [9.17, 15) is 18.3 Å². The molecular formula is C35H37F3N4O. The summed E-state index contributed by atoms with van der Waals surface area (Å²) in [5.74, 6) is 0. The molecule has 3 heterocycles. The van der Waals surface area contributed by atoms with Crippen LogP contribution in [0.5, 0.6) is 0 Å². The fourth-order valence-electron chi connectivity index (χ4n) is 6.62. The van der Waals surface area contributed by atoms with Crippen LogP contribution < -0.4 is 0 Å². The van der Waals surface area contributed by atoms with Crippen LogP contribution >= 0.6 is 0 Å². The van der Waals surface area contributed by atoms with E-state index in [-0.39, 0.29) is 6.61 Å². The highest BCUT2D eigenvalue weighted by atomic mass is 19.4. The Morgan fingerprint density at radius 2 is 1.65 bits per heavy atom. The lowest BCUT2D eigenvalue weighted by molar-refractivity contribution is -0.137. The van der Waals surface area contributed by atoms with Gasteiger partial charge in [0.2, 0.25) is 0 Å². The third-order valence-electron chi connectivity index (χ3n) is 9.15. The number of benzene rings is 3. The van der Waals surface area contributed by atoms with Gasteiger partial charge in [0, 0.05) is 41.4 Å². The fourth-order valence-corrected chi connectivity index (χ4v) is 6.62. The fraction of sp³-hybridized carbons (Fsp3) is 0.343. The van der Waals surface area contributed by atoms with Gasteiger partial charge in [-0.2, -0.15) is 18.3 Å². The normalized spacial score (nSPS) is 15.0. The van der Waals surface area contributed by atoms with Crippen LogP contribution in [0.15, 0.2) is 60.8 Å². The van der Waals surface area contributed by atoms with Crippen molar-refractivity contribution in [2.45, 2.75) is 78.9 Å². The molecule has 0 bridgehead atoms. The highest BCUT2D eigenvalue weighted by molar-refractivity contribution is 5.97. The van der Waals surface area contributed by atoms with Crippen molar-refractivity contribution in [3.63, 3.8) is 0 Å². The third-order valence-corrected chi connectivity index (χ3v) is 9.15. The highest BCUT2D eigenvalue weighted by Crippen LogP contribution is 2.46. The molecule has 0 saturated heterocycles. The van der Waals surface area contributed by atoms with Crippen molar-refractivity contribution < 1.29 is 18.3 Å². The number of aromatic amines is 1. The van der Waals surface area contributed by atoms with E-state index >= 15 is 0 Å². The lowest BCUT2D eigenvalue weighted by atomic mass is 9.96. The quantitative estimate of drug-likeness (QED) is 0.202. The van der Waals surface area contributed by atoms with Crippen molar-refractivity contribution in [1.29, 1.82) is 0 Å². The molecule has 2 N–H and O–H groups in total. The molecule has 0 atom stereocenters. The average molecular weight is 587 g/mol. The number of aliphatic hydroxyl groups excluding tert-OH is 1. The SMILES string of the molecule is CCc1cccc(CC)c1-n1nc2c(c1-c1ccc(CO)c3[nH]ccc13)CN(Cc1ccc(C(F)(F)F)cc1C)C2(C)C. The van der Waals surface area contributed by atoms with Crippen LogP contribution in [0.2, 0.25) is 0 Å². The summed E-state index contributed by atoms with van der Waals surface area (Å²) in [6, 6.07) is 16.5. The Hall–Kier alpha value is -3.88. The maximum Gasteiger partial charge on any atom is 0.416 e. The van der Waals surface area contributed by atoms with Crippen LogP contribution in [0.25, 0.3) is 27.8 Å². The first-order chi connectivity index (χ1) is 20.5. The van der Waals surface area contributed by atoms with Gasteiger partial charge in [-0.15, -0.1) is 0 Å². The second-order valence-electron chi connectivity index (χ2n) is 12.0. The maximum atomic E-state index is 13.4. The third kappa shape index (κ3) is 4.77. The van der Waals surface area contributed by atoms with Crippen LogP contribution in [0.1, 0.15) is 72.3 Å². The molecule has 0 radical (unpaired) electrons. The standard InChI is InChI=1S/C35H37F3N4O/c1-6-22-9-8-10-23(7-2)31(22)42-32(28-14-12-25(20-43)30-27(28)15-16-39-30)29-19-41(34(4,5)33(29)40-42)18-24-11-13-26(17-21(24)3)35(36,37)38/h8-17,39,43H,6-7,18-20H2,1-5H3. The smallest absolute Gasteiger partial charge is 0.392 e. The maximum absolute atomic E-state index is 13.4. The summed E-state index contributed by atoms with van der Waals surface area (Å²) in [7, 11) is 0. The Morgan fingerprint density at radius 1 is 0.953 bits per heavy atom. The average Bonchev–Trinajstić information content (AvgIpc) is 3.67. The van der Waals surface area contributed by atoms with Gasteiger partial charge in [-0.1, -0.05) is 50.2 Å². The number of halogens is 3. The lowest BCUT2D eigenvalue weighted by Crippen LogP contribution is -2.36. The van der Waals surface area contributed by atoms with Crippen molar-refractivity contribution in [3.8, 4) is 16.9 Å². The molecule has 43 heavy (non-hydrogen) atoms. The van der Waals surface area contributed by atoms with E-state index in [2.05, 4.69) is 66.5 Å². The summed E-state index contributed by atoms with van der Waals surface area (Å²) >= 11 is 0. The van der Waals surface area contributed by atoms with Gasteiger partial charge < -0.3 is 10.1 Å². The minimum absolute atomic E-state index is 0.0688. The number of rotatable bonds is 7. The molecule has 1 aliphatic rings. The van der Waals surface area contributed by atoms with Crippen molar-refractivity contribution in [2.75, 3.05) is 0 Å². The molecule has 0 aliphatic carbocycles. The predicted octanol–water partition coefficient (Wildman–Crippen LogP) is 8.22. The molecule has 0 saturated carbocycles. The minimum atomic E-state index is -4.37. The topological polar surface area (TPSA) is 57.1 Å². The number of hydrogen-bond donors (Lipinski definition) is 2. The van der Waals surface area contributed by atoms with Crippen LogP contribution in [0.3, 0.4) is 0 Å².